The molecule has 0 saturated heterocycles. The number of hydrogen-bond acceptors (Lipinski definition) is 4. The van der Waals surface area contributed by atoms with Gasteiger partial charge in [-0.25, -0.2) is 9.07 Å². The molecular formula is C21H24FN3O2. The summed E-state index contributed by atoms with van der Waals surface area (Å²) in [4.78, 5) is 0. The molecule has 0 fully saturated rings. The standard InChI is InChI=1S/C21H24FN3O2/c1-15-21(16(2)25(24-15)18-6-4-17(22)5-7-18)14-23-12-13-27-20-10-8-19(26-3)9-11-20/h4-11,23H,12-14H2,1-3H3. The van der Waals surface area contributed by atoms with Gasteiger partial charge in [-0.15, -0.1) is 0 Å². The number of ether oxygens (including phenoxy) is 2. The number of halogens is 1. The van der Waals surface area contributed by atoms with Gasteiger partial charge in [0.1, 0.15) is 23.9 Å². The molecule has 0 atom stereocenters. The van der Waals surface area contributed by atoms with E-state index in [4.69, 9.17) is 9.47 Å². The van der Waals surface area contributed by atoms with Gasteiger partial charge in [0.05, 0.1) is 18.5 Å². The van der Waals surface area contributed by atoms with Crippen molar-refractivity contribution < 1.29 is 13.9 Å². The van der Waals surface area contributed by atoms with Gasteiger partial charge in [0.25, 0.3) is 0 Å². The Kier molecular flexibility index (Phi) is 6.08. The van der Waals surface area contributed by atoms with E-state index in [9.17, 15) is 4.39 Å². The lowest BCUT2D eigenvalue weighted by Crippen LogP contribution is -2.21. The van der Waals surface area contributed by atoms with E-state index in [1.165, 1.54) is 12.1 Å². The van der Waals surface area contributed by atoms with Crippen LogP contribution in [0.25, 0.3) is 5.69 Å². The lowest BCUT2D eigenvalue weighted by atomic mass is 10.2. The van der Waals surface area contributed by atoms with Crippen LogP contribution < -0.4 is 14.8 Å². The molecule has 1 aromatic heterocycles. The Morgan fingerprint density at radius 3 is 2.33 bits per heavy atom. The summed E-state index contributed by atoms with van der Waals surface area (Å²) in [6.45, 7) is 5.99. The van der Waals surface area contributed by atoms with E-state index in [0.717, 1.165) is 34.1 Å². The molecule has 3 aromatic rings. The topological polar surface area (TPSA) is 48.3 Å². The molecule has 2 aromatic carbocycles. The van der Waals surface area contributed by atoms with E-state index in [1.807, 2.05) is 42.8 Å². The van der Waals surface area contributed by atoms with Gasteiger partial charge in [-0.2, -0.15) is 5.10 Å². The second kappa shape index (κ2) is 8.68. The Morgan fingerprint density at radius 1 is 1.00 bits per heavy atom. The van der Waals surface area contributed by atoms with E-state index in [2.05, 4.69) is 10.4 Å². The van der Waals surface area contributed by atoms with Crippen molar-refractivity contribution in [3.63, 3.8) is 0 Å². The highest BCUT2D eigenvalue weighted by molar-refractivity contribution is 5.37. The highest BCUT2D eigenvalue weighted by Gasteiger charge is 2.12. The summed E-state index contributed by atoms with van der Waals surface area (Å²) in [6, 6.07) is 13.9. The van der Waals surface area contributed by atoms with Gasteiger partial charge in [0, 0.05) is 24.3 Å². The second-order valence-electron chi connectivity index (χ2n) is 6.24. The first-order chi connectivity index (χ1) is 13.1. The largest absolute Gasteiger partial charge is 0.497 e. The summed E-state index contributed by atoms with van der Waals surface area (Å²) in [5, 5.41) is 7.97. The zero-order valence-electron chi connectivity index (χ0n) is 15.8. The Labute approximate surface area is 158 Å². The number of rotatable bonds is 8. The molecule has 1 N–H and O–H groups in total. The summed E-state index contributed by atoms with van der Waals surface area (Å²) in [6.07, 6.45) is 0. The van der Waals surface area contributed by atoms with E-state index in [0.29, 0.717) is 19.7 Å². The lowest BCUT2D eigenvalue weighted by Gasteiger charge is -2.09. The Hall–Kier alpha value is -2.86. The van der Waals surface area contributed by atoms with Crippen molar-refractivity contribution in [1.29, 1.82) is 0 Å². The van der Waals surface area contributed by atoms with E-state index < -0.39 is 0 Å². The quantitative estimate of drug-likeness (QED) is 0.614. The maximum absolute atomic E-state index is 13.1. The molecule has 0 saturated carbocycles. The molecule has 0 radical (unpaired) electrons. The third-order valence-corrected chi connectivity index (χ3v) is 4.42. The minimum absolute atomic E-state index is 0.251. The summed E-state index contributed by atoms with van der Waals surface area (Å²) in [5.41, 5.74) is 4.00. The van der Waals surface area contributed by atoms with Crippen molar-refractivity contribution >= 4 is 0 Å². The van der Waals surface area contributed by atoms with Gasteiger partial charge < -0.3 is 14.8 Å². The van der Waals surface area contributed by atoms with Gasteiger partial charge in [-0.1, -0.05) is 0 Å². The van der Waals surface area contributed by atoms with Gasteiger partial charge in [-0.3, -0.25) is 0 Å². The molecule has 0 amide bonds. The Morgan fingerprint density at radius 2 is 1.67 bits per heavy atom. The van der Waals surface area contributed by atoms with Crippen LogP contribution in [-0.2, 0) is 6.54 Å². The van der Waals surface area contributed by atoms with Crippen molar-refractivity contribution in [2.75, 3.05) is 20.3 Å². The van der Waals surface area contributed by atoms with Crippen LogP contribution in [0.3, 0.4) is 0 Å². The lowest BCUT2D eigenvalue weighted by molar-refractivity contribution is 0.313. The third kappa shape index (κ3) is 4.65. The fourth-order valence-electron chi connectivity index (χ4n) is 2.89. The highest BCUT2D eigenvalue weighted by atomic mass is 19.1. The van der Waals surface area contributed by atoms with E-state index in [-0.39, 0.29) is 5.82 Å². The molecule has 6 heteroatoms. The number of nitrogens with zero attached hydrogens (tertiary/aromatic N) is 2. The fourth-order valence-corrected chi connectivity index (χ4v) is 2.89. The average Bonchev–Trinajstić information content (AvgIpc) is 2.97. The first kappa shape index (κ1) is 18.9. The van der Waals surface area contributed by atoms with Crippen LogP contribution in [0.4, 0.5) is 4.39 Å². The van der Waals surface area contributed by atoms with Crippen LogP contribution >= 0.6 is 0 Å². The molecule has 1 heterocycles. The van der Waals surface area contributed by atoms with E-state index in [1.54, 1.807) is 19.2 Å². The third-order valence-electron chi connectivity index (χ3n) is 4.42. The van der Waals surface area contributed by atoms with Crippen molar-refractivity contribution in [2.45, 2.75) is 20.4 Å². The summed E-state index contributed by atoms with van der Waals surface area (Å²) >= 11 is 0. The highest BCUT2D eigenvalue weighted by Crippen LogP contribution is 2.19. The van der Waals surface area contributed by atoms with Crippen LogP contribution in [0.2, 0.25) is 0 Å². The van der Waals surface area contributed by atoms with Crippen molar-refractivity contribution in [3.05, 3.63) is 71.3 Å². The predicted molar refractivity (Wildman–Crippen MR) is 103 cm³/mol. The van der Waals surface area contributed by atoms with Crippen LogP contribution in [0, 0.1) is 19.7 Å². The van der Waals surface area contributed by atoms with Gasteiger partial charge in [-0.05, 0) is 62.4 Å². The Bertz CT molecular complexity index is 874. The SMILES string of the molecule is COc1ccc(OCCNCc2c(C)nn(-c3ccc(F)cc3)c2C)cc1. The predicted octanol–water partition coefficient (Wildman–Crippen LogP) is 3.81. The average molecular weight is 369 g/mol. The molecule has 5 nitrogen and oxygen atoms in total. The number of aromatic nitrogens is 2. The first-order valence-electron chi connectivity index (χ1n) is 8.87. The van der Waals surface area contributed by atoms with Crippen molar-refractivity contribution in [3.8, 4) is 17.2 Å². The fraction of sp³-hybridized carbons (Fsp3) is 0.286. The molecular weight excluding hydrogens is 345 g/mol. The normalized spacial score (nSPS) is 10.8. The number of hydrogen-bond donors (Lipinski definition) is 1. The smallest absolute Gasteiger partial charge is 0.123 e. The van der Waals surface area contributed by atoms with Crippen molar-refractivity contribution in [2.24, 2.45) is 0 Å². The molecule has 3 rings (SSSR count). The maximum atomic E-state index is 13.1. The van der Waals surface area contributed by atoms with Crippen molar-refractivity contribution in [1.82, 2.24) is 15.1 Å². The molecule has 0 bridgehead atoms. The number of methoxy groups -OCH3 is 1. The molecule has 27 heavy (non-hydrogen) atoms. The zero-order valence-corrected chi connectivity index (χ0v) is 15.8. The van der Waals surface area contributed by atoms with Gasteiger partial charge in [0.15, 0.2) is 0 Å². The monoisotopic (exact) mass is 369 g/mol. The molecule has 142 valence electrons. The Balaban J connectivity index is 1.53. The number of nitrogens with one attached hydrogen (secondary N) is 1. The molecule has 0 unspecified atom stereocenters. The number of benzene rings is 2. The maximum Gasteiger partial charge on any atom is 0.123 e. The van der Waals surface area contributed by atoms with Gasteiger partial charge in [0.2, 0.25) is 0 Å². The van der Waals surface area contributed by atoms with E-state index >= 15 is 0 Å². The second-order valence-corrected chi connectivity index (χ2v) is 6.24. The number of aryl methyl sites for hydroxylation is 1. The summed E-state index contributed by atoms with van der Waals surface area (Å²) < 4.78 is 25.8. The minimum atomic E-state index is -0.251. The zero-order chi connectivity index (χ0) is 19.2. The van der Waals surface area contributed by atoms with Crippen LogP contribution in [0.5, 0.6) is 11.5 Å². The van der Waals surface area contributed by atoms with Crippen LogP contribution in [0.1, 0.15) is 17.0 Å². The molecule has 0 aliphatic heterocycles. The summed E-state index contributed by atoms with van der Waals surface area (Å²) in [7, 11) is 1.64. The first-order valence-corrected chi connectivity index (χ1v) is 8.87. The van der Waals surface area contributed by atoms with Crippen LogP contribution in [-0.4, -0.2) is 30.0 Å². The molecule has 0 aliphatic carbocycles. The molecule has 0 spiro atoms. The minimum Gasteiger partial charge on any atom is -0.497 e. The van der Waals surface area contributed by atoms with Crippen LogP contribution in [0.15, 0.2) is 48.5 Å². The summed E-state index contributed by atoms with van der Waals surface area (Å²) in [5.74, 6) is 1.37. The van der Waals surface area contributed by atoms with Gasteiger partial charge >= 0.3 is 0 Å². The molecule has 0 aliphatic rings.